The van der Waals surface area contributed by atoms with Gasteiger partial charge in [0, 0.05) is 17.8 Å². The van der Waals surface area contributed by atoms with Crippen LogP contribution in [0.3, 0.4) is 0 Å². The third-order valence-corrected chi connectivity index (χ3v) is 3.69. The molecule has 0 aromatic heterocycles. The summed E-state index contributed by atoms with van der Waals surface area (Å²) in [7, 11) is 3.02. The summed E-state index contributed by atoms with van der Waals surface area (Å²) in [6.45, 7) is 0. The Balaban J connectivity index is 2.17. The Bertz CT molecular complexity index is 744. The molecule has 0 unspecified atom stereocenters. The SMILES string of the molecule is COc1cc(NC(=S)Nc2ccc(F)c(Cl)c2)c(OC)cc1Cl. The van der Waals surface area contributed by atoms with Crippen LogP contribution in [0.2, 0.25) is 10.0 Å². The van der Waals surface area contributed by atoms with E-state index in [2.05, 4.69) is 10.6 Å². The average Bonchev–Trinajstić information content (AvgIpc) is 2.52. The van der Waals surface area contributed by atoms with E-state index in [0.29, 0.717) is 27.9 Å². The maximum Gasteiger partial charge on any atom is 0.175 e. The summed E-state index contributed by atoms with van der Waals surface area (Å²) in [5.41, 5.74) is 1.12. The van der Waals surface area contributed by atoms with Crippen LogP contribution >= 0.6 is 35.4 Å². The maximum atomic E-state index is 13.2. The minimum absolute atomic E-state index is 0.00328. The van der Waals surface area contributed by atoms with Crippen molar-refractivity contribution >= 4 is 51.9 Å². The van der Waals surface area contributed by atoms with E-state index in [0.717, 1.165) is 0 Å². The first-order chi connectivity index (χ1) is 10.9. The topological polar surface area (TPSA) is 42.5 Å². The number of hydrogen-bond donors (Lipinski definition) is 2. The number of benzene rings is 2. The molecule has 4 nitrogen and oxygen atoms in total. The van der Waals surface area contributed by atoms with Gasteiger partial charge >= 0.3 is 0 Å². The Morgan fingerprint density at radius 2 is 1.70 bits per heavy atom. The molecule has 0 aliphatic carbocycles. The summed E-state index contributed by atoms with van der Waals surface area (Å²) < 4.78 is 23.6. The number of halogens is 3. The van der Waals surface area contributed by atoms with Crippen LogP contribution in [0.4, 0.5) is 15.8 Å². The second-order valence-corrected chi connectivity index (χ2v) is 5.62. The Morgan fingerprint density at radius 3 is 2.30 bits per heavy atom. The highest BCUT2D eigenvalue weighted by Crippen LogP contribution is 2.36. The van der Waals surface area contributed by atoms with E-state index < -0.39 is 5.82 Å². The Hall–Kier alpha value is -1.76. The highest BCUT2D eigenvalue weighted by molar-refractivity contribution is 7.80. The number of methoxy groups -OCH3 is 2. The van der Waals surface area contributed by atoms with Crippen LogP contribution in [0.1, 0.15) is 0 Å². The predicted octanol–water partition coefficient (Wildman–Crippen LogP) is 4.96. The van der Waals surface area contributed by atoms with Crippen molar-refractivity contribution in [3.63, 3.8) is 0 Å². The minimum Gasteiger partial charge on any atom is -0.495 e. The molecule has 0 saturated heterocycles. The molecule has 2 rings (SSSR count). The van der Waals surface area contributed by atoms with E-state index >= 15 is 0 Å². The van der Waals surface area contributed by atoms with Gasteiger partial charge in [-0.05, 0) is 30.4 Å². The first-order valence-electron chi connectivity index (χ1n) is 6.39. The molecule has 23 heavy (non-hydrogen) atoms. The van der Waals surface area contributed by atoms with E-state index in [9.17, 15) is 4.39 Å². The lowest BCUT2D eigenvalue weighted by Crippen LogP contribution is -2.19. The molecule has 0 bridgehead atoms. The minimum atomic E-state index is -0.500. The molecule has 2 N–H and O–H groups in total. The molecular weight excluding hydrogens is 362 g/mol. The van der Waals surface area contributed by atoms with Crippen molar-refractivity contribution in [2.24, 2.45) is 0 Å². The first-order valence-corrected chi connectivity index (χ1v) is 7.55. The zero-order valence-electron chi connectivity index (χ0n) is 12.2. The summed E-state index contributed by atoms with van der Waals surface area (Å²) in [6, 6.07) is 7.48. The molecule has 122 valence electrons. The molecule has 0 atom stereocenters. The maximum absolute atomic E-state index is 13.2. The first kappa shape index (κ1) is 17.6. The van der Waals surface area contributed by atoms with Crippen molar-refractivity contribution in [3.8, 4) is 11.5 Å². The monoisotopic (exact) mass is 374 g/mol. The fourth-order valence-electron chi connectivity index (χ4n) is 1.82. The summed E-state index contributed by atoms with van der Waals surface area (Å²) in [5, 5.41) is 6.56. The summed E-state index contributed by atoms with van der Waals surface area (Å²) in [5.74, 6) is 0.472. The van der Waals surface area contributed by atoms with Gasteiger partial charge in [-0.2, -0.15) is 0 Å². The van der Waals surface area contributed by atoms with Gasteiger partial charge in [0.2, 0.25) is 0 Å². The van der Waals surface area contributed by atoms with Crippen LogP contribution < -0.4 is 20.1 Å². The van der Waals surface area contributed by atoms with Gasteiger partial charge in [0.05, 0.1) is 30.0 Å². The molecule has 0 saturated carbocycles. The van der Waals surface area contributed by atoms with Crippen molar-refractivity contribution in [2.75, 3.05) is 24.9 Å². The smallest absolute Gasteiger partial charge is 0.175 e. The number of anilines is 2. The van der Waals surface area contributed by atoms with Crippen molar-refractivity contribution in [1.82, 2.24) is 0 Å². The van der Waals surface area contributed by atoms with Gasteiger partial charge in [0.15, 0.2) is 5.11 Å². The van der Waals surface area contributed by atoms with Gasteiger partial charge in [-0.3, -0.25) is 0 Å². The molecule has 0 spiro atoms. The van der Waals surface area contributed by atoms with Crippen molar-refractivity contribution < 1.29 is 13.9 Å². The Kier molecular flexibility index (Phi) is 5.87. The van der Waals surface area contributed by atoms with E-state index in [-0.39, 0.29) is 10.1 Å². The second-order valence-electron chi connectivity index (χ2n) is 4.40. The van der Waals surface area contributed by atoms with E-state index in [1.165, 1.54) is 32.4 Å². The standard InChI is InChI=1S/C15H13Cl2FN2O2S/c1-21-13-7-12(14(22-2)6-10(13)17)20-15(23)19-8-3-4-11(18)9(16)5-8/h3-7H,1-2H3,(H2,19,20,23). The molecule has 0 fully saturated rings. The van der Waals surface area contributed by atoms with Gasteiger partial charge in [-0.25, -0.2) is 4.39 Å². The summed E-state index contributed by atoms with van der Waals surface area (Å²) >= 11 is 17.0. The van der Waals surface area contributed by atoms with Gasteiger partial charge in [0.25, 0.3) is 0 Å². The molecule has 2 aromatic rings. The number of rotatable bonds is 4. The predicted molar refractivity (Wildman–Crippen MR) is 95.8 cm³/mol. The van der Waals surface area contributed by atoms with Crippen LogP contribution in [0, 0.1) is 5.82 Å². The fourth-order valence-corrected chi connectivity index (χ4v) is 2.46. The average molecular weight is 375 g/mol. The van der Waals surface area contributed by atoms with Gasteiger partial charge in [-0.1, -0.05) is 23.2 Å². The Morgan fingerprint density at radius 1 is 1.00 bits per heavy atom. The second kappa shape index (κ2) is 7.68. The molecular formula is C15H13Cl2FN2O2S. The zero-order chi connectivity index (χ0) is 17.0. The summed E-state index contributed by atoms with van der Waals surface area (Å²) in [4.78, 5) is 0. The van der Waals surface area contributed by atoms with Crippen LogP contribution in [0.5, 0.6) is 11.5 Å². The zero-order valence-corrected chi connectivity index (χ0v) is 14.6. The van der Waals surface area contributed by atoms with E-state index in [1.54, 1.807) is 12.1 Å². The van der Waals surface area contributed by atoms with Crippen molar-refractivity contribution in [3.05, 3.63) is 46.2 Å². The van der Waals surface area contributed by atoms with Crippen LogP contribution in [0.25, 0.3) is 0 Å². The highest BCUT2D eigenvalue weighted by atomic mass is 35.5. The number of nitrogens with one attached hydrogen (secondary N) is 2. The van der Waals surface area contributed by atoms with Gasteiger partial charge in [-0.15, -0.1) is 0 Å². The van der Waals surface area contributed by atoms with Crippen molar-refractivity contribution in [1.29, 1.82) is 0 Å². The van der Waals surface area contributed by atoms with E-state index in [1.807, 2.05) is 0 Å². The largest absolute Gasteiger partial charge is 0.495 e. The Labute approximate surface area is 148 Å². The summed E-state index contributed by atoms with van der Waals surface area (Å²) in [6.07, 6.45) is 0. The van der Waals surface area contributed by atoms with Crippen LogP contribution in [-0.4, -0.2) is 19.3 Å². The number of hydrogen-bond acceptors (Lipinski definition) is 3. The number of thiocarbonyl (C=S) groups is 1. The highest BCUT2D eigenvalue weighted by Gasteiger charge is 2.11. The lowest BCUT2D eigenvalue weighted by molar-refractivity contribution is 0.405. The van der Waals surface area contributed by atoms with E-state index in [4.69, 9.17) is 44.9 Å². The molecule has 2 aromatic carbocycles. The normalized spacial score (nSPS) is 10.1. The van der Waals surface area contributed by atoms with Crippen LogP contribution in [0.15, 0.2) is 30.3 Å². The molecule has 0 heterocycles. The van der Waals surface area contributed by atoms with Crippen LogP contribution in [-0.2, 0) is 0 Å². The van der Waals surface area contributed by atoms with Gasteiger partial charge < -0.3 is 20.1 Å². The molecule has 0 radical (unpaired) electrons. The lowest BCUT2D eigenvalue weighted by Gasteiger charge is -2.15. The van der Waals surface area contributed by atoms with Crippen molar-refractivity contribution in [2.45, 2.75) is 0 Å². The molecule has 0 amide bonds. The molecule has 0 aliphatic heterocycles. The third kappa shape index (κ3) is 4.37. The molecule has 0 aliphatic rings. The lowest BCUT2D eigenvalue weighted by atomic mass is 10.2. The fraction of sp³-hybridized carbons (Fsp3) is 0.133. The number of ether oxygens (including phenoxy) is 2. The molecule has 8 heteroatoms. The quantitative estimate of drug-likeness (QED) is 0.740. The third-order valence-electron chi connectivity index (χ3n) is 2.90. The van der Waals surface area contributed by atoms with Gasteiger partial charge in [0.1, 0.15) is 17.3 Å².